The summed E-state index contributed by atoms with van der Waals surface area (Å²) in [7, 11) is 1.28. The average molecular weight is 426 g/mol. The number of rotatable bonds is 3. The molecule has 154 valence electrons. The summed E-state index contributed by atoms with van der Waals surface area (Å²) in [6.45, 7) is 1.75. The van der Waals surface area contributed by atoms with E-state index < -0.39 is 17.7 Å². The van der Waals surface area contributed by atoms with Crippen LogP contribution in [0.15, 0.2) is 71.1 Å². The van der Waals surface area contributed by atoms with Crippen molar-refractivity contribution in [1.29, 1.82) is 0 Å². The Morgan fingerprint density at radius 2 is 1.83 bits per heavy atom. The molecular weight excluding hydrogens is 405 g/mol. The van der Waals surface area contributed by atoms with Gasteiger partial charge in [-0.15, -0.1) is 0 Å². The van der Waals surface area contributed by atoms with E-state index in [0.29, 0.717) is 28.3 Å². The van der Waals surface area contributed by atoms with Crippen LogP contribution >= 0.6 is 11.6 Å². The van der Waals surface area contributed by atoms with Crippen LogP contribution < -0.4 is 5.32 Å². The van der Waals surface area contributed by atoms with Gasteiger partial charge in [0, 0.05) is 34.0 Å². The Morgan fingerprint density at radius 3 is 2.50 bits per heavy atom. The summed E-state index contributed by atoms with van der Waals surface area (Å²) in [5.41, 5.74) is 3.31. The maximum Gasteiger partial charge on any atom is 0.336 e. The van der Waals surface area contributed by atoms with Crippen molar-refractivity contribution in [3.05, 3.63) is 93.0 Å². The zero-order valence-electron chi connectivity index (χ0n) is 16.7. The SMILES string of the molecule is COC(=O)C1=C(C)NC2=C(C(=O)CC(c3ccc(Cl)cc3)C2)C1c1ccccc1F. The Balaban J connectivity index is 1.82. The van der Waals surface area contributed by atoms with E-state index >= 15 is 0 Å². The van der Waals surface area contributed by atoms with Crippen molar-refractivity contribution in [2.75, 3.05) is 7.11 Å². The Labute approximate surface area is 179 Å². The third kappa shape index (κ3) is 3.54. The molecule has 0 fully saturated rings. The second-order valence-corrected chi connectivity index (χ2v) is 8.02. The number of carbonyl (C=O) groups is 2. The van der Waals surface area contributed by atoms with E-state index in [9.17, 15) is 14.0 Å². The number of ketones is 1. The lowest BCUT2D eigenvalue weighted by Crippen LogP contribution is -2.36. The van der Waals surface area contributed by atoms with Crippen LogP contribution in [-0.4, -0.2) is 18.9 Å². The fraction of sp³-hybridized carbons (Fsp3) is 0.250. The van der Waals surface area contributed by atoms with Gasteiger partial charge in [0.25, 0.3) is 0 Å². The highest BCUT2D eigenvalue weighted by atomic mass is 35.5. The van der Waals surface area contributed by atoms with Gasteiger partial charge in [0.05, 0.1) is 18.6 Å². The van der Waals surface area contributed by atoms with Gasteiger partial charge >= 0.3 is 5.97 Å². The number of esters is 1. The number of Topliss-reactive ketones (excluding diaryl/α,β-unsaturated/α-hetero) is 1. The highest BCUT2D eigenvalue weighted by Crippen LogP contribution is 2.46. The van der Waals surface area contributed by atoms with Gasteiger partial charge in [-0.2, -0.15) is 0 Å². The molecule has 0 aromatic heterocycles. The number of methoxy groups -OCH3 is 1. The lowest BCUT2D eigenvalue weighted by molar-refractivity contribution is -0.136. The molecule has 1 heterocycles. The molecule has 2 aliphatic rings. The van der Waals surface area contributed by atoms with Gasteiger partial charge in [0.1, 0.15) is 5.82 Å². The van der Waals surface area contributed by atoms with Gasteiger partial charge in [0.15, 0.2) is 5.78 Å². The van der Waals surface area contributed by atoms with Crippen LogP contribution in [0.25, 0.3) is 0 Å². The first-order valence-corrected chi connectivity index (χ1v) is 10.1. The largest absolute Gasteiger partial charge is 0.466 e. The molecule has 1 aliphatic carbocycles. The first-order chi connectivity index (χ1) is 14.4. The van der Waals surface area contributed by atoms with E-state index in [0.717, 1.165) is 11.3 Å². The van der Waals surface area contributed by atoms with E-state index in [2.05, 4.69) is 5.32 Å². The second-order valence-electron chi connectivity index (χ2n) is 7.58. The lowest BCUT2D eigenvalue weighted by Gasteiger charge is -2.36. The van der Waals surface area contributed by atoms with Crippen LogP contribution in [0.3, 0.4) is 0 Å². The molecule has 0 amide bonds. The second kappa shape index (κ2) is 8.07. The molecule has 0 saturated heterocycles. The molecule has 1 aliphatic heterocycles. The number of dihydropyridines is 1. The van der Waals surface area contributed by atoms with Crippen LogP contribution in [-0.2, 0) is 14.3 Å². The van der Waals surface area contributed by atoms with Crippen LogP contribution in [0.1, 0.15) is 42.7 Å². The van der Waals surface area contributed by atoms with Gasteiger partial charge in [0.2, 0.25) is 0 Å². The van der Waals surface area contributed by atoms with E-state index in [4.69, 9.17) is 16.3 Å². The zero-order valence-corrected chi connectivity index (χ0v) is 17.4. The molecule has 6 heteroatoms. The average Bonchev–Trinajstić information content (AvgIpc) is 2.73. The molecule has 2 atom stereocenters. The number of nitrogens with one attached hydrogen (secondary N) is 1. The molecule has 2 unspecified atom stereocenters. The first-order valence-electron chi connectivity index (χ1n) is 9.73. The van der Waals surface area contributed by atoms with E-state index in [1.807, 2.05) is 24.3 Å². The number of allylic oxidation sites excluding steroid dienone is 3. The molecule has 4 rings (SSSR count). The standard InChI is InChI=1S/C24H21ClFNO3/c1-13-21(24(29)30-2)22(17-5-3-4-6-18(17)26)23-19(27-13)11-15(12-20(23)28)14-7-9-16(25)10-8-14/h3-10,15,22,27H,11-12H2,1-2H3. The molecule has 30 heavy (non-hydrogen) atoms. The quantitative estimate of drug-likeness (QED) is 0.702. The summed E-state index contributed by atoms with van der Waals surface area (Å²) in [5, 5.41) is 3.87. The first kappa shape index (κ1) is 20.4. The summed E-state index contributed by atoms with van der Waals surface area (Å²) in [4.78, 5) is 25.9. The molecule has 4 nitrogen and oxygen atoms in total. The predicted octanol–water partition coefficient (Wildman–Crippen LogP) is 5.01. The minimum absolute atomic E-state index is 0.0187. The summed E-state index contributed by atoms with van der Waals surface area (Å²) in [5.74, 6) is -1.96. The topological polar surface area (TPSA) is 55.4 Å². The Morgan fingerprint density at radius 1 is 1.13 bits per heavy atom. The maximum absolute atomic E-state index is 14.8. The zero-order chi connectivity index (χ0) is 21.4. The van der Waals surface area contributed by atoms with Crippen molar-refractivity contribution in [1.82, 2.24) is 5.32 Å². The molecule has 0 bridgehead atoms. The summed E-state index contributed by atoms with van der Waals surface area (Å²) in [6, 6.07) is 13.7. The molecule has 0 saturated carbocycles. The number of ether oxygens (including phenoxy) is 1. The van der Waals surface area contributed by atoms with Crippen molar-refractivity contribution in [3.63, 3.8) is 0 Å². The Kier molecular flexibility index (Phi) is 5.48. The molecule has 2 aromatic rings. The number of hydrogen-bond donors (Lipinski definition) is 1. The van der Waals surface area contributed by atoms with Crippen LogP contribution in [0.2, 0.25) is 5.02 Å². The normalized spacial score (nSPS) is 21.3. The van der Waals surface area contributed by atoms with Crippen molar-refractivity contribution < 1.29 is 18.7 Å². The molecular formula is C24H21ClFNO3. The molecule has 1 N–H and O–H groups in total. The highest BCUT2D eigenvalue weighted by Gasteiger charge is 2.42. The third-order valence-electron chi connectivity index (χ3n) is 5.79. The van der Waals surface area contributed by atoms with Gasteiger partial charge in [-0.1, -0.05) is 41.9 Å². The van der Waals surface area contributed by atoms with Gasteiger partial charge < -0.3 is 10.1 Å². The lowest BCUT2D eigenvalue weighted by atomic mass is 9.71. The third-order valence-corrected chi connectivity index (χ3v) is 6.04. The monoisotopic (exact) mass is 425 g/mol. The minimum atomic E-state index is -0.798. The van der Waals surface area contributed by atoms with E-state index in [1.165, 1.54) is 13.2 Å². The Hall–Kier alpha value is -2.92. The highest BCUT2D eigenvalue weighted by molar-refractivity contribution is 6.30. The number of carbonyl (C=O) groups excluding carboxylic acids is 2. The smallest absolute Gasteiger partial charge is 0.336 e. The molecule has 0 spiro atoms. The maximum atomic E-state index is 14.8. The molecule has 0 radical (unpaired) electrons. The number of hydrogen-bond acceptors (Lipinski definition) is 4. The van der Waals surface area contributed by atoms with Crippen molar-refractivity contribution in [2.45, 2.75) is 31.6 Å². The predicted molar refractivity (Wildman–Crippen MR) is 112 cm³/mol. The van der Waals surface area contributed by atoms with Crippen LogP contribution in [0.4, 0.5) is 4.39 Å². The van der Waals surface area contributed by atoms with Crippen molar-refractivity contribution in [2.24, 2.45) is 0 Å². The summed E-state index contributed by atoms with van der Waals surface area (Å²) < 4.78 is 19.7. The summed E-state index contributed by atoms with van der Waals surface area (Å²) >= 11 is 6.00. The fourth-order valence-corrected chi connectivity index (χ4v) is 4.54. The van der Waals surface area contributed by atoms with Crippen molar-refractivity contribution >= 4 is 23.4 Å². The van der Waals surface area contributed by atoms with Crippen molar-refractivity contribution in [3.8, 4) is 0 Å². The minimum Gasteiger partial charge on any atom is -0.466 e. The molecule has 2 aromatic carbocycles. The van der Waals surface area contributed by atoms with Gasteiger partial charge in [-0.3, -0.25) is 4.79 Å². The van der Waals surface area contributed by atoms with Crippen LogP contribution in [0.5, 0.6) is 0 Å². The van der Waals surface area contributed by atoms with E-state index in [-0.39, 0.29) is 23.7 Å². The fourth-order valence-electron chi connectivity index (χ4n) is 4.41. The van der Waals surface area contributed by atoms with Crippen LogP contribution in [0, 0.1) is 5.82 Å². The van der Waals surface area contributed by atoms with E-state index in [1.54, 1.807) is 25.1 Å². The Bertz CT molecular complexity index is 1090. The number of halogens is 2. The summed E-state index contributed by atoms with van der Waals surface area (Å²) in [6.07, 6.45) is 0.861. The van der Waals surface area contributed by atoms with Gasteiger partial charge in [-0.05, 0) is 43.0 Å². The number of benzene rings is 2. The van der Waals surface area contributed by atoms with Gasteiger partial charge in [-0.25, -0.2) is 9.18 Å².